The van der Waals surface area contributed by atoms with Crippen molar-refractivity contribution in [3.8, 4) is 0 Å². The summed E-state index contributed by atoms with van der Waals surface area (Å²) in [4.78, 5) is 11.1. The average molecular weight is 459 g/mol. The summed E-state index contributed by atoms with van der Waals surface area (Å²) < 4.78 is 32.9. The van der Waals surface area contributed by atoms with E-state index in [0.29, 0.717) is 11.8 Å². The number of hydrogen-bond acceptors (Lipinski definition) is 2. The van der Waals surface area contributed by atoms with Crippen LogP contribution in [-0.2, 0) is 4.79 Å². The quantitative estimate of drug-likeness (QED) is 0.416. The third-order valence-corrected chi connectivity index (χ3v) is 5.13. The number of carboxylic acid groups (broad SMARTS) is 1. The van der Waals surface area contributed by atoms with Gasteiger partial charge in [-0.15, -0.1) is 0 Å². The Morgan fingerprint density at radius 2 is 1.89 bits per heavy atom. The van der Waals surface area contributed by atoms with E-state index in [0.717, 1.165) is 23.3 Å². The summed E-state index contributed by atoms with van der Waals surface area (Å²) >= 11 is 3.65. The minimum atomic E-state index is -5.08. The molecule has 1 heterocycles. The van der Waals surface area contributed by atoms with Crippen LogP contribution in [0.5, 0.6) is 0 Å². The van der Waals surface area contributed by atoms with Crippen LogP contribution in [0.2, 0.25) is 0 Å². The first-order chi connectivity index (χ1) is 12.9. The average Bonchev–Trinajstić information content (AvgIpc) is 2.92. The van der Waals surface area contributed by atoms with Gasteiger partial charge in [-0.05, 0) is 34.4 Å². The standard InChI is InChI=1S/C18H21BrN2.C2HF3O2/c1-11(2)9-17(20)21-10-12(3)18-14-5-4-6-15(19)13(14)7-8-16(18)21;3-2(4,5)1(6)7/h4-8,11-12,20H,9-10H2,1-3H3;(H,6,7). The lowest BCUT2D eigenvalue weighted by Crippen LogP contribution is -2.29. The minimum Gasteiger partial charge on any atom is -0.475 e. The number of carboxylic acids is 1. The minimum absolute atomic E-state index is 0.463. The van der Waals surface area contributed by atoms with Crippen LogP contribution in [0.1, 0.15) is 38.7 Å². The van der Waals surface area contributed by atoms with Gasteiger partial charge >= 0.3 is 12.1 Å². The van der Waals surface area contributed by atoms with Crippen LogP contribution in [0.25, 0.3) is 10.8 Å². The van der Waals surface area contributed by atoms with Gasteiger partial charge in [0.25, 0.3) is 0 Å². The molecule has 152 valence electrons. The number of nitrogens with one attached hydrogen (secondary N) is 1. The molecule has 1 aliphatic heterocycles. The lowest BCUT2D eigenvalue weighted by atomic mass is 9.96. The van der Waals surface area contributed by atoms with Gasteiger partial charge in [0.1, 0.15) is 5.84 Å². The molecule has 0 amide bonds. The number of nitrogens with zero attached hydrogens (tertiary/aromatic N) is 1. The van der Waals surface area contributed by atoms with Crippen molar-refractivity contribution in [1.82, 2.24) is 0 Å². The molecule has 1 aliphatic rings. The highest BCUT2D eigenvalue weighted by molar-refractivity contribution is 9.10. The molecule has 0 spiro atoms. The van der Waals surface area contributed by atoms with Crippen molar-refractivity contribution in [1.29, 1.82) is 5.41 Å². The van der Waals surface area contributed by atoms with E-state index in [1.807, 2.05) is 0 Å². The molecule has 1 atom stereocenters. The van der Waals surface area contributed by atoms with Crippen LogP contribution < -0.4 is 4.90 Å². The number of anilines is 1. The predicted octanol–water partition coefficient (Wildman–Crippen LogP) is 6.18. The molecule has 0 radical (unpaired) electrons. The third-order valence-electron chi connectivity index (χ3n) is 4.44. The number of benzene rings is 2. The summed E-state index contributed by atoms with van der Waals surface area (Å²) in [6, 6.07) is 10.7. The fourth-order valence-electron chi connectivity index (χ4n) is 3.30. The summed E-state index contributed by atoms with van der Waals surface area (Å²) in [5.41, 5.74) is 2.61. The zero-order valence-electron chi connectivity index (χ0n) is 15.8. The second kappa shape index (κ2) is 8.51. The van der Waals surface area contributed by atoms with Crippen LogP contribution in [0, 0.1) is 11.3 Å². The SMILES string of the molecule is CC(C)CC(=N)N1CC(C)c2c1ccc1c(Br)cccc21.O=C(O)C(F)(F)F. The van der Waals surface area contributed by atoms with E-state index in [1.54, 1.807) is 0 Å². The fraction of sp³-hybridized carbons (Fsp3) is 0.400. The van der Waals surface area contributed by atoms with E-state index in [4.69, 9.17) is 15.3 Å². The molecule has 0 aliphatic carbocycles. The van der Waals surface area contributed by atoms with Crippen LogP contribution >= 0.6 is 15.9 Å². The van der Waals surface area contributed by atoms with Gasteiger partial charge in [-0.2, -0.15) is 13.2 Å². The summed E-state index contributed by atoms with van der Waals surface area (Å²) in [6.45, 7) is 7.53. The molecule has 2 N–H and O–H groups in total. The summed E-state index contributed by atoms with van der Waals surface area (Å²) in [5, 5.41) is 18.1. The van der Waals surface area contributed by atoms with Crippen LogP contribution in [0.3, 0.4) is 0 Å². The van der Waals surface area contributed by atoms with E-state index >= 15 is 0 Å². The molecule has 1 unspecified atom stereocenters. The maximum atomic E-state index is 10.6. The Bertz CT molecular complexity index is 897. The summed E-state index contributed by atoms with van der Waals surface area (Å²) in [7, 11) is 0. The van der Waals surface area contributed by atoms with Gasteiger partial charge in [0.05, 0.1) is 0 Å². The van der Waals surface area contributed by atoms with Crippen molar-refractivity contribution in [3.63, 3.8) is 0 Å². The number of halogens is 4. The highest BCUT2D eigenvalue weighted by Gasteiger charge is 2.38. The third kappa shape index (κ3) is 4.84. The Labute approximate surface area is 170 Å². The van der Waals surface area contributed by atoms with Gasteiger partial charge in [-0.1, -0.05) is 54.9 Å². The number of hydrogen-bond donors (Lipinski definition) is 2. The van der Waals surface area contributed by atoms with Gasteiger partial charge in [0.2, 0.25) is 0 Å². The van der Waals surface area contributed by atoms with E-state index in [9.17, 15) is 13.2 Å². The largest absolute Gasteiger partial charge is 0.490 e. The molecule has 8 heteroatoms. The zero-order chi connectivity index (χ0) is 21.2. The Hall–Kier alpha value is -2.09. The molecule has 0 saturated carbocycles. The zero-order valence-corrected chi connectivity index (χ0v) is 17.4. The topological polar surface area (TPSA) is 64.4 Å². The predicted molar refractivity (Wildman–Crippen MR) is 108 cm³/mol. The van der Waals surface area contributed by atoms with E-state index in [2.05, 4.69) is 71.9 Å². The number of carbonyl (C=O) groups is 1. The second-order valence-corrected chi connectivity index (χ2v) is 8.05. The number of fused-ring (bicyclic) bond motifs is 3. The molecular formula is C20H22BrF3N2O2. The van der Waals surface area contributed by atoms with Crippen molar-refractivity contribution in [2.45, 2.75) is 39.3 Å². The van der Waals surface area contributed by atoms with Crippen molar-refractivity contribution < 1.29 is 23.1 Å². The number of rotatable bonds is 2. The van der Waals surface area contributed by atoms with Crippen molar-refractivity contribution in [3.05, 3.63) is 40.4 Å². The molecule has 4 nitrogen and oxygen atoms in total. The molecule has 2 aromatic carbocycles. The molecule has 0 bridgehead atoms. The monoisotopic (exact) mass is 458 g/mol. The van der Waals surface area contributed by atoms with Gasteiger partial charge in [-0.3, -0.25) is 5.41 Å². The highest BCUT2D eigenvalue weighted by Crippen LogP contribution is 2.42. The number of amidine groups is 1. The Morgan fingerprint density at radius 3 is 2.43 bits per heavy atom. The summed E-state index contributed by atoms with van der Waals surface area (Å²) in [5.74, 6) is -1.03. The molecule has 0 saturated heterocycles. The molecule has 0 aromatic heterocycles. The first-order valence-corrected chi connectivity index (χ1v) is 9.59. The first kappa shape index (κ1) is 22.2. The molecule has 3 rings (SSSR count). The first-order valence-electron chi connectivity index (χ1n) is 8.79. The van der Waals surface area contributed by atoms with E-state index in [1.165, 1.54) is 22.0 Å². The van der Waals surface area contributed by atoms with Crippen molar-refractivity contribution >= 4 is 44.2 Å². The van der Waals surface area contributed by atoms with Gasteiger partial charge < -0.3 is 10.0 Å². The molecule has 2 aromatic rings. The van der Waals surface area contributed by atoms with E-state index in [-0.39, 0.29) is 0 Å². The lowest BCUT2D eigenvalue weighted by molar-refractivity contribution is -0.192. The maximum Gasteiger partial charge on any atom is 0.490 e. The van der Waals surface area contributed by atoms with Crippen molar-refractivity contribution in [2.75, 3.05) is 11.4 Å². The summed E-state index contributed by atoms with van der Waals surface area (Å²) in [6.07, 6.45) is -4.25. The number of alkyl halides is 3. The Morgan fingerprint density at radius 1 is 1.29 bits per heavy atom. The number of aliphatic carboxylic acids is 1. The van der Waals surface area contributed by atoms with Crippen LogP contribution in [-0.4, -0.2) is 29.6 Å². The highest BCUT2D eigenvalue weighted by atomic mass is 79.9. The Balaban J connectivity index is 0.000000345. The molecule has 0 fully saturated rings. The van der Waals surface area contributed by atoms with Crippen molar-refractivity contribution in [2.24, 2.45) is 5.92 Å². The van der Waals surface area contributed by atoms with Crippen LogP contribution in [0.4, 0.5) is 18.9 Å². The normalized spacial score (nSPS) is 16.0. The maximum absolute atomic E-state index is 10.6. The molecule has 28 heavy (non-hydrogen) atoms. The van der Waals surface area contributed by atoms with E-state index < -0.39 is 12.1 Å². The second-order valence-electron chi connectivity index (χ2n) is 7.19. The van der Waals surface area contributed by atoms with Gasteiger partial charge in [-0.25, -0.2) is 4.79 Å². The van der Waals surface area contributed by atoms with Gasteiger partial charge in [0, 0.05) is 29.0 Å². The lowest BCUT2D eigenvalue weighted by Gasteiger charge is -2.22. The van der Waals surface area contributed by atoms with Crippen LogP contribution in [0.15, 0.2) is 34.8 Å². The Kier molecular flexibility index (Phi) is 6.75. The fourth-order valence-corrected chi connectivity index (χ4v) is 3.80. The van der Waals surface area contributed by atoms with Gasteiger partial charge in [0.15, 0.2) is 0 Å². The smallest absolute Gasteiger partial charge is 0.475 e. The molecular weight excluding hydrogens is 437 g/mol.